The molecule has 3 N–H and O–H groups in total. The van der Waals surface area contributed by atoms with E-state index in [4.69, 9.17) is 10.8 Å². The number of anilines is 1. The fourth-order valence-corrected chi connectivity index (χ4v) is 2.75. The van der Waals surface area contributed by atoms with E-state index in [2.05, 4.69) is 38.2 Å². The molecule has 0 aliphatic carbocycles. The molecular weight excluding hydrogens is 324 g/mol. The van der Waals surface area contributed by atoms with E-state index in [1.807, 2.05) is 28.9 Å². The van der Waals surface area contributed by atoms with Crippen LogP contribution in [-0.2, 0) is 16.8 Å². The lowest BCUT2D eigenvalue weighted by Crippen LogP contribution is -2.16. The number of nitrogens with one attached hydrogen (secondary N) is 1. The molecule has 0 aliphatic rings. The molecule has 2 aromatic rings. The number of amides is 1. The molecule has 0 spiro atoms. The van der Waals surface area contributed by atoms with E-state index >= 15 is 0 Å². The number of nitrogens with two attached hydrogens (primary N) is 1. The molecule has 26 heavy (non-hydrogen) atoms. The third-order valence-corrected chi connectivity index (χ3v) is 4.35. The minimum Gasteiger partial charge on any atom is -0.330 e. The summed E-state index contributed by atoms with van der Waals surface area (Å²) in [5, 5.41) is 7.79. The first-order chi connectivity index (χ1) is 12.4. The summed E-state index contributed by atoms with van der Waals surface area (Å²) in [5.41, 5.74) is 7.57. The first-order valence-corrected chi connectivity index (χ1v) is 9.52. The molecule has 0 atom stereocenters. The van der Waals surface area contributed by atoms with Gasteiger partial charge in [0.05, 0.1) is 12.2 Å². The Balaban J connectivity index is 2.05. The lowest BCUT2D eigenvalue weighted by molar-refractivity contribution is -0.116. The molecule has 1 aromatic heterocycles. The average molecular weight is 357 g/mol. The summed E-state index contributed by atoms with van der Waals surface area (Å²) >= 11 is 0. The lowest BCUT2D eigenvalue weighted by Gasteiger charge is -2.14. The van der Waals surface area contributed by atoms with Gasteiger partial charge in [0.2, 0.25) is 5.91 Å². The monoisotopic (exact) mass is 356 g/mol. The second-order valence-electron chi connectivity index (χ2n) is 7.81. The summed E-state index contributed by atoms with van der Waals surface area (Å²) in [6.07, 6.45) is 4.59. The van der Waals surface area contributed by atoms with Crippen molar-refractivity contribution in [3.05, 3.63) is 47.7 Å². The number of carbonyl (C=O) groups is 1. The molecular formula is C21H32N4O. The Bertz CT molecular complexity index is 686. The number of carbonyl (C=O) groups excluding carboxylic acids is 1. The molecule has 0 fully saturated rings. The van der Waals surface area contributed by atoms with Gasteiger partial charge in [0, 0.05) is 17.9 Å². The Morgan fingerprint density at radius 1 is 1.12 bits per heavy atom. The van der Waals surface area contributed by atoms with Crippen molar-refractivity contribution < 1.29 is 4.79 Å². The molecule has 1 aromatic carbocycles. The van der Waals surface area contributed by atoms with Crippen molar-refractivity contribution in [2.45, 2.75) is 64.8 Å². The highest BCUT2D eigenvalue weighted by Gasteiger charge is 2.20. The molecule has 0 unspecified atom stereocenters. The topological polar surface area (TPSA) is 72.9 Å². The van der Waals surface area contributed by atoms with Crippen LogP contribution in [0.25, 0.3) is 0 Å². The van der Waals surface area contributed by atoms with Gasteiger partial charge in [-0.15, -0.1) is 0 Å². The van der Waals surface area contributed by atoms with Gasteiger partial charge in [-0.2, -0.15) is 5.10 Å². The molecule has 0 saturated heterocycles. The number of aromatic nitrogens is 2. The summed E-state index contributed by atoms with van der Waals surface area (Å²) < 4.78 is 1.89. The minimum atomic E-state index is -0.0658. The maximum atomic E-state index is 12.3. The van der Waals surface area contributed by atoms with Gasteiger partial charge < -0.3 is 11.1 Å². The third kappa shape index (κ3) is 6.30. The van der Waals surface area contributed by atoms with Gasteiger partial charge >= 0.3 is 0 Å². The Hall–Kier alpha value is -2.14. The summed E-state index contributed by atoms with van der Waals surface area (Å²) in [4.78, 5) is 12.3. The van der Waals surface area contributed by atoms with Crippen LogP contribution in [0.5, 0.6) is 0 Å². The van der Waals surface area contributed by atoms with Gasteiger partial charge in [-0.05, 0) is 24.9 Å². The first kappa shape index (κ1) is 20.2. The highest BCUT2D eigenvalue weighted by Crippen LogP contribution is 2.25. The zero-order chi connectivity index (χ0) is 19.0. The zero-order valence-corrected chi connectivity index (χ0v) is 16.3. The van der Waals surface area contributed by atoms with Crippen molar-refractivity contribution in [3.63, 3.8) is 0 Å². The maximum absolute atomic E-state index is 12.3. The van der Waals surface area contributed by atoms with E-state index in [0.717, 1.165) is 49.3 Å². The average Bonchev–Trinajstić information content (AvgIpc) is 2.98. The smallest absolute Gasteiger partial charge is 0.225 e. The summed E-state index contributed by atoms with van der Waals surface area (Å²) in [5.74, 6) is 0.818. The third-order valence-electron chi connectivity index (χ3n) is 4.35. The summed E-state index contributed by atoms with van der Waals surface area (Å²) in [6.45, 7) is 7.76. The predicted octanol–water partition coefficient (Wildman–Crippen LogP) is 4.08. The molecule has 0 saturated carbocycles. The zero-order valence-electron chi connectivity index (χ0n) is 16.3. The maximum Gasteiger partial charge on any atom is 0.225 e. The Kier molecular flexibility index (Phi) is 7.39. The molecule has 0 aliphatic heterocycles. The van der Waals surface area contributed by atoms with Crippen LogP contribution in [0.15, 0.2) is 36.4 Å². The molecule has 0 radical (unpaired) electrons. The highest BCUT2D eigenvalue weighted by molar-refractivity contribution is 5.89. The number of hydrogen-bond donors (Lipinski definition) is 2. The first-order valence-electron chi connectivity index (χ1n) is 9.52. The molecule has 142 valence electrons. The Labute approximate surface area is 157 Å². The predicted molar refractivity (Wildman–Crippen MR) is 107 cm³/mol. The van der Waals surface area contributed by atoms with Crippen molar-refractivity contribution in [1.29, 1.82) is 0 Å². The van der Waals surface area contributed by atoms with E-state index in [-0.39, 0.29) is 11.3 Å². The van der Waals surface area contributed by atoms with Crippen LogP contribution >= 0.6 is 0 Å². The minimum absolute atomic E-state index is 0.0485. The SMILES string of the molecule is CC(C)(C)c1cc(NC(=O)CCCCCCN)n(Cc2ccccc2)n1. The molecule has 5 nitrogen and oxygen atoms in total. The Morgan fingerprint density at radius 2 is 1.81 bits per heavy atom. The van der Waals surface area contributed by atoms with Gasteiger partial charge in [0.25, 0.3) is 0 Å². The van der Waals surface area contributed by atoms with Gasteiger partial charge in [-0.25, -0.2) is 4.68 Å². The van der Waals surface area contributed by atoms with Crippen LogP contribution in [-0.4, -0.2) is 22.2 Å². The van der Waals surface area contributed by atoms with Gasteiger partial charge in [-0.1, -0.05) is 63.9 Å². The van der Waals surface area contributed by atoms with Crippen LogP contribution in [0.2, 0.25) is 0 Å². The van der Waals surface area contributed by atoms with Crippen LogP contribution in [0, 0.1) is 0 Å². The van der Waals surface area contributed by atoms with Crippen molar-refractivity contribution in [3.8, 4) is 0 Å². The fraction of sp³-hybridized carbons (Fsp3) is 0.524. The molecule has 5 heteroatoms. The second-order valence-corrected chi connectivity index (χ2v) is 7.81. The number of nitrogens with zero attached hydrogens (tertiary/aromatic N) is 2. The van der Waals surface area contributed by atoms with Crippen molar-refractivity contribution in [2.24, 2.45) is 5.73 Å². The fourth-order valence-electron chi connectivity index (χ4n) is 2.75. The van der Waals surface area contributed by atoms with Gasteiger partial charge in [0.15, 0.2) is 0 Å². The van der Waals surface area contributed by atoms with Crippen LogP contribution in [0.1, 0.15) is 64.1 Å². The van der Waals surface area contributed by atoms with Gasteiger partial charge in [-0.3, -0.25) is 4.79 Å². The summed E-state index contributed by atoms with van der Waals surface area (Å²) in [7, 11) is 0. The van der Waals surface area contributed by atoms with E-state index in [0.29, 0.717) is 13.0 Å². The number of unbranched alkanes of at least 4 members (excludes halogenated alkanes) is 3. The van der Waals surface area contributed by atoms with E-state index in [9.17, 15) is 4.79 Å². The van der Waals surface area contributed by atoms with E-state index in [1.54, 1.807) is 0 Å². The highest BCUT2D eigenvalue weighted by atomic mass is 16.1. The van der Waals surface area contributed by atoms with E-state index in [1.165, 1.54) is 0 Å². The molecule has 0 bridgehead atoms. The van der Waals surface area contributed by atoms with Crippen LogP contribution in [0.3, 0.4) is 0 Å². The van der Waals surface area contributed by atoms with Crippen LogP contribution < -0.4 is 11.1 Å². The summed E-state index contributed by atoms with van der Waals surface area (Å²) in [6, 6.07) is 12.2. The normalized spacial score (nSPS) is 11.5. The second kappa shape index (κ2) is 9.53. The lowest BCUT2D eigenvalue weighted by atomic mass is 9.92. The Morgan fingerprint density at radius 3 is 2.46 bits per heavy atom. The van der Waals surface area contributed by atoms with Crippen molar-refractivity contribution in [2.75, 3.05) is 11.9 Å². The van der Waals surface area contributed by atoms with E-state index < -0.39 is 0 Å². The molecule has 2 rings (SSSR count). The van der Waals surface area contributed by atoms with Crippen molar-refractivity contribution in [1.82, 2.24) is 9.78 Å². The number of benzene rings is 1. The number of hydrogen-bond acceptors (Lipinski definition) is 3. The number of rotatable bonds is 9. The standard InChI is InChI=1S/C21H32N4O/c1-21(2,3)18-15-19(23-20(26)13-9-4-5-10-14-22)25(24-18)16-17-11-7-6-8-12-17/h6-8,11-12,15H,4-5,9-10,13-14,16,22H2,1-3H3,(H,23,26). The molecule has 1 heterocycles. The largest absolute Gasteiger partial charge is 0.330 e. The quantitative estimate of drug-likeness (QED) is 0.665. The van der Waals surface area contributed by atoms with Crippen molar-refractivity contribution >= 4 is 11.7 Å². The van der Waals surface area contributed by atoms with Gasteiger partial charge in [0.1, 0.15) is 5.82 Å². The molecule has 1 amide bonds. The van der Waals surface area contributed by atoms with Crippen LogP contribution in [0.4, 0.5) is 5.82 Å².